The lowest BCUT2D eigenvalue weighted by Gasteiger charge is -2.49. The van der Waals surface area contributed by atoms with Crippen LogP contribution in [0.2, 0.25) is 0 Å². The Hall–Kier alpha value is -0.680. The molecule has 0 aromatic heterocycles. The van der Waals surface area contributed by atoms with Gasteiger partial charge in [0.2, 0.25) is 5.91 Å². The van der Waals surface area contributed by atoms with Crippen LogP contribution in [0.5, 0.6) is 0 Å². The zero-order valence-corrected chi connectivity index (χ0v) is 12.4. The first-order valence-electron chi connectivity index (χ1n) is 7.23. The molecule has 1 amide bonds. The summed E-state index contributed by atoms with van der Waals surface area (Å²) in [5.74, 6) is 0.628. The van der Waals surface area contributed by atoms with E-state index in [1.807, 2.05) is 4.90 Å². The summed E-state index contributed by atoms with van der Waals surface area (Å²) in [7, 11) is 0. The van der Waals surface area contributed by atoms with E-state index in [9.17, 15) is 4.79 Å². The standard InChI is InChI=1S/C14H24N2O2S/c1-10-8-14(9-10,12(15)19)13(18)16(6-3-7-17)11-4-2-5-11/h10-11,17H,2-9H2,1H3,(H2,15,19). The van der Waals surface area contributed by atoms with E-state index in [0.717, 1.165) is 25.7 Å². The lowest BCUT2D eigenvalue weighted by Crippen LogP contribution is -2.60. The van der Waals surface area contributed by atoms with Gasteiger partial charge in [0, 0.05) is 19.2 Å². The number of amides is 1. The third kappa shape index (κ3) is 2.63. The van der Waals surface area contributed by atoms with Gasteiger partial charge in [-0.2, -0.15) is 0 Å². The van der Waals surface area contributed by atoms with Crippen LogP contribution in [-0.4, -0.2) is 40.1 Å². The molecule has 0 bridgehead atoms. The van der Waals surface area contributed by atoms with Crippen LogP contribution in [0.4, 0.5) is 0 Å². The highest BCUT2D eigenvalue weighted by Gasteiger charge is 2.53. The molecule has 0 radical (unpaired) electrons. The lowest BCUT2D eigenvalue weighted by atomic mass is 9.61. The van der Waals surface area contributed by atoms with Crippen LogP contribution >= 0.6 is 12.2 Å². The zero-order chi connectivity index (χ0) is 14.0. The maximum Gasteiger partial charge on any atom is 0.235 e. The van der Waals surface area contributed by atoms with Crippen LogP contribution in [-0.2, 0) is 4.79 Å². The summed E-state index contributed by atoms with van der Waals surface area (Å²) < 4.78 is 0. The topological polar surface area (TPSA) is 66.6 Å². The molecule has 0 atom stereocenters. The molecule has 2 fully saturated rings. The highest BCUT2D eigenvalue weighted by Crippen LogP contribution is 2.48. The Morgan fingerprint density at radius 1 is 1.47 bits per heavy atom. The molecule has 2 aliphatic rings. The minimum atomic E-state index is -0.597. The van der Waals surface area contributed by atoms with Gasteiger partial charge in [0.15, 0.2) is 0 Å². The van der Waals surface area contributed by atoms with Gasteiger partial charge in [-0.1, -0.05) is 19.1 Å². The van der Waals surface area contributed by atoms with Crippen LogP contribution < -0.4 is 5.73 Å². The fourth-order valence-electron chi connectivity index (χ4n) is 3.28. The summed E-state index contributed by atoms with van der Waals surface area (Å²) in [5, 5.41) is 9.01. The van der Waals surface area contributed by atoms with Gasteiger partial charge in [-0.05, 0) is 44.4 Å². The van der Waals surface area contributed by atoms with Crippen LogP contribution in [0.15, 0.2) is 0 Å². The summed E-state index contributed by atoms with van der Waals surface area (Å²) in [5.41, 5.74) is 5.26. The second kappa shape index (κ2) is 5.75. The molecule has 5 heteroatoms. The van der Waals surface area contributed by atoms with Crippen LogP contribution in [0.25, 0.3) is 0 Å². The van der Waals surface area contributed by atoms with E-state index in [0.29, 0.717) is 29.9 Å². The zero-order valence-electron chi connectivity index (χ0n) is 11.6. The van der Waals surface area contributed by atoms with Gasteiger partial charge in [-0.25, -0.2) is 0 Å². The number of hydrogen-bond donors (Lipinski definition) is 2. The normalized spacial score (nSPS) is 30.3. The van der Waals surface area contributed by atoms with Gasteiger partial charge in [0.1, 0.15) is 0 Å². The predicted octanol–water partition coefficient (Wildman–Crippen LogP) is 1.45. The minimum Gasteiger partial charge on any atom is -0.396 e. The molecule has 0 spiro atoms. The van der Waals surface area contributed by atoms with E-state index < -0.39 is 5.41 Å². The van der Waals surface area contributed by atoms with Crippen LogP contribution in [0.1, 0.15) is 45.4 Å². The summed E-state index contributed by atoms with van der Waals surface area (Å²) in [6, 6.07) is 0.334. The molecule has 3 N–H and O–H groups in total. The summed E-state index contributed by atoms with van der Waals surface area (Å²) >= 11 is 5.16. The molecule has 2 saturated carbocycles. The largest absolute Gasteiger partial charge is 0.396 e. The molecule has 19 heavy (non-hydrogen) atoms. The number of aliphatic hydroxyl groups excluding tert-OH is 1. The van der Waals surface area contributed by atoms with E-state index in [4.69, 9.17) is 23.1 Å². The third-order valence-corrected chi connectivity index (χ3v) is 5.00. The molecule has 0 saturated heterocycles. The molecule has 0 aromatic rings. The van der Waals surface area contributed by atoms with Crippen molar-refractivity contribution in [3.05, 3.63) is 0 Å². The smallest absolute Gasteiger partial charge is 0.235 e. The number of thiocarbonyl (C=S) groups is 1. The number of nitrogens with zero attached hydrogens (tertiary/aromatic N) is 1. The summed E-state index contributed by atoms with van der Waals surface area (Å²) in [6.45, 7) is 2.87. The Labute approximate surface area is 120 Å². The van der Waals surface area contributed by atoms with Crippen molar-refractivity contribution in [1.29, 1.82) is 0 Å². The minimum absolute atomic E-state index is 0.108. The van der Waals surface area contributed by atoms with Crippen molar-refractivity contribution in [1.82, 2.24) is 4.90 Å². The first-order valence-corrected chi connectivity index (χ1v) is 7.64. The lowest BCUT2D eigenvalue weighted by molar-refractivity contribution is -0.148. The Morgan fingerprint density at radius 2 is 2.11 bits per heavy atom. The van der Waals surface area contributed by atoms with Crippen molar-refractivity contribution in [3.63, 3.8) is 0 Å². The average molecular weight is 284 g/mol. The third-order valence-electron chi connectivity index (χ3n) is 4.61. The van der Waals surface area contributed by atoms with E-state index in [2.05, 4.69) is 6.92 Å². The SMILES string of the molecule is CC1CC(C(=O)N(CCCO)C2CCC2)(C(N)=S)C1. The fourth-order valence-corrected chi connectivity index (χ4v) is 3.53. The molecule has 108 valence electrons. The number of aliphatic hydroxyl groups is 1. The molecule has 4 nitrogen and oxygen atoms in total. The number of rotatable bonds is 6. The quantitative estimate of drug-likeness (QED) is 0.725. The van der Waals surface area contributed by atoms with Gasteiger partial charge in [-0.15, -0.1) is 0 Å². The molecule has 0 heterocycles. The molecule has 0 aromatic carbocycles. The predicted molar refractivity (Wildman–Crippen MR) is 78.7 cm³/mol. The number of carbonyl (C=O) groups is 1. The van der Waals surface area contributed by atoms with Crippen molar-refractivity contribution in [2.75, 3.05) is 13.2 Å². The molecule has 2 aliphatic carbocycles. The van der Waals surface area contributed by atoms with Crippen molar-refractivity contribution >= 4 is 23.1 Å². The maximum atomic E-state index is 12.9. The first-order chi connectivity index (χ1) is 9.01. The average Bonchev–Trinajstić information content (AvgIpc) is 2.26. The fraction of sp³-hybridized carbons (Fsp3) is 0.857. The van der Waals surface area contributed by atoms with Crippen molar-refractivity contribution in [2.24, 2.45) is 17.1 Å². The molecule has 0 unspecified atom stereocenters. The van der Waals surface area contributed by atoms with Crippen LogP contribution in [0, 0.1) is 11.3 Å². The Kier molecular flexibility index (Phi) is 4.46. The first kappa shape index (κ1) is 14.7. The monoisotopic (exact) mass is 284 g/mol. The number of nitrogens with two attached hydrogens (primary N) is 1. The van der Waals surface area contributed by atoms with Gasteiger partial charge >= 0.3 is 0 Å². The van der Waals surface area contributed by atoms with Gasteiger partial charge in [0.25, 0.3) is 0 Å². The van der Waals surface area contributed by atoms with E-state index in [1.165, 1.54) is 6.42 Å². The summed E-state index contributed by atoms with van der Waals surface area (Å²) in [6.07, 6.45) is 5.52. The van der Waals surface area contributed by atoms with Gasteiger partial charge in [0.05, 0.1) is 10.4 Å². The van der Waals surface area contributed by atoms with Crippen molar-refractivity contribution in [2.45, 2.75) is 51.5 Å². The molecule has 0 aliphatic heterocycles. The van der Waals surface area contributed by atoms with Gasteiger partial charge < -0.3 is 15.7 Å². The Morgan fingerprint density at radius 3 is 2.47 bits per heavy atom. The Balaban J connectivity index is 2.10. The van der Waals surface area contributed by atoms with E-state index in [1.54, 1.807) is 0 Å². The van der Waals surface area contributed by atoms with Crippen LogP contribution in [0.3, 0.4) is 0 Å². The van der Waals surface area contributed by atoms with E-state index >= 15 is 0 Å². The second-order valence-electron chi connectivity index (χ2n) is 6.12. The highest BCUT2D eigenvalue weighted by molar-refractivity contribution is 7.80. The van der Waals surface area contributed by atoms with Crippen molar-refractivity contribution < 1.29 is 9.90 Å². The van der Waals surface area contributed by atoms with E-state index in [-0.39, 0.29) is 12.5 Å². The highest BCUT2D eigenvalue weighted by atomic mass is 32.1. The number of carbonyl (C=O) groups excluding carboxylic acids is 1. The summed E-state index contributed by atoms with van der Waals surface area (Å²) in [4.78, 5) is 15.1. The molecule has 2 rings (SSSR count). The second-order valence-corrected chi connectivity index (χ2v) is 6.56. The van der Waals surface area contributed by atoms with Gasteiger partial charge in [-0.3, -0.25) is 4.79 Å². The molecular weight excluding hydrogens is 260 g/mol. The maximum absolute atomic E-state index is 12.9. The Bertz CT molecular complexity index is 362. The number of hydrogen-bond acceptors (Lipinski definition) is 3. The van der Waals surface area contributed by atoms with Crippen molar-refractivity contribution in [3.8, 4) is 0 Å². The molecular formula is C14H24N2O2S.